The maximum Gasteiger partial charge on any atom is -0.0114 e. The minimum Gasteiger partial charge on any atom is -0.0393 e. The zero-order chi connectivity index (χ0) is 4.57. The third kappa shape index (κ3) is 0.555. The molecule has 0 saturated carbocycles. The second kappa shape index (κ2) is 1.45. The van der Waals surface area contributed by atoms with Crippen molar-refractivity contribution in [2.45, 2.75) is 13.8 Å². The summed E-state index contributed by atoms with van der Waals surface area (Å²) in [5.41, 5.74) is 0. The number of hydrogen-bond acceptors (Lipinski definition) is 0. The highest BCUT2D eigenvalue weighted by Gasteiger charge is 1.97. The topological polar surface area (TPSA) is 0 Å². The fourth-order valence-corrected chi connectivity index (χ4v) is 2.25. The molecule has 0 aliphatic carbocycles. The summed E-state index contributed by atoms with van der Waals surface area (Å²) in [4.78, 5) is 0. The molecule has 0 spiro atoms. The van der Waals surface area contributed by atoms with Crippen molar-refractivity contribution in [2.75, 3.05) is 0 Å². The van der Waals surface area contributed by atoms with Gasteiger partial charge in [-0.1, -0.05) is 0 Å². The van der Waals surface area contributed by atoms with Gasteiger partial charge in [-0.25, -0.2) is 0 Å². The molecule has 0 nitrogen and oxygen atoms in total. The maximum absolute atomic E-state index is 2.19. The van der Waals surface area contributed by atoms with Gasteiger partial charge in [0.05, 0.1) is 0 Å². The Morgan fingerprint density at radius 2 is 1.33 bits per heavy atom. The van der Waals surface area contributed by atoms with Gasteiger partial charge in [0, 0.05) is 0 Å². The third-order valence-corrected chi connectivity index (χ3v) is 4.52. The van der Waals surface area contributed by atoms with Crippen LogP contribution in [0, 0.1) is 0 Å². The Kier molecular flexibility index (Phi) is 1.08. The van der Waals surface area contributed by atoms with Gasteiger partial charge in [0.25, 0.3) is 0 Å². The second-order valence-electron chi connectivity index (χ2n) is 1.37. The van der Waals surface area contributed by atoms with E-state index in [2.05, 4.69) is 13.8 Å². The van der Waals surface area contributed by atoms with Crippen LogP contribution in [0.1, 0.15) is 13.8 Å². The van der Waals surface area contributed by atoms with Crippen molar-refractivity contribution in [3.8, 4) is 0 Å². The molecule has 1 aliphatic heterocycles. The van der Waals surface area contributed by atoms with Crippen LogP contribution in [0.4, 0.5) is 0 Å². The summed E-state index contributed by atoms with van der Waals surface area (Å²) < 4.78 is 0. The zero-order valence-electron chi connectivity index (χ0n) is 3.89. The van der Waals surface area contributed by atoms with E-state index in [-0.39, 0.29) is 0 Å². The first-order valence-corrected chi connectivity index (χ1v) is 4.39. The van der Waals surface area contributed by atoms with Gasteiger partial charge in [0.2, 0.25) is 0 Å². The average molecular weight is 116 g/mol. The van der Waals surface area contributed by atoms with Crippen LogP contribution in [0.2, 0.25) is 0 Å². The van der Waals surface area contributed by atoms with Gasteiger partial charge in [-0.15, -0.1) is 0 Å². The normalized spacial score (nSPS) is 23.7. The lowest BCUT2D eigenvalue weighted by Gasteiger charge is -2.01. The Balaban J connectivity index is 2.71. The van der Waals surface area contributed by atoms with E-state index in [1.165, 1.54) is 15.7 Å². The number of rotatable bonds is 0. The van der Waals surface area contributed by atoms with E-state index in [4.69, 9.17) is 0 Å². The summed E-state index contributed by atoms with van der Waals surface area (Å²) in [5, 5.41) is 3.13. The molecule has 0 amide bonds. The molecule has 0 aromatic rings. The van der Waals surface area contributed by atoms with Crippen molar-refractivity contribution in [1.82, 2.24) is 0 Å². The molecule has 0 atom stereocenters. The summed E-state index contributed by atoms with van der Waals surface area (Å²) in [6, 6.07) is 0. The van der Waals surface area contributed by atoms with Crippen LogP contribution in [0.25, 0.3) is 0 Å². The van der Waals surface area contributed by atoms with Crippen LogP contribution in [0.15, 0.2) is 10.6 Å². The van der Waals surface area contributed by atoms with Crippen molar-refractivity contribution in [3.63, 3.8) is 0 Å². The second-order valence-corrected chi connectivity index (χ2v) is 4.31. The van der Waals surface area contributed by atoms with E-state index in [0.29, 0.717) is 0 Å². The highest BCUT2D eigenvalue weighted by molar-refractivity contribution is 7.91. The Morgan fingerprint density at radius 1 is 1.00 bits per heavy atom. The van der Waals surface area contributed by atoms with Crippen molar-refractivity contribution >= 4 is 15.7 Å². The molecule has 1 aliphatic rings. The molecule has 0 N–H and O–H groups in total. The predicted octanol–water partition coefficient (Wildman–Crippen LogP) is 3.06. The average Bonchev–Trinajstić information content (AvgIpc) is 1.61. The summed E-state index contributed by atoms with van der Waals surface area (Å²) in [6.45, 7) is 4.38. The predicted molar refractivity (Wildman–Crippen MR) is 32.2 cm³/mol. The van der Waals surface area contributed by atoms with Crippen molar-refractivity contribution < 1.29 is 0 Å². The van der Waals surface area contributed by atoms with E-state index < -0.39 is 0 Å². The van der Waals surface area contributed by atoms with Crippen LogP contribution in [-0.4, -0.2) is 0 Å². The fourth-order valence-electron chi connectivity index (χ4n) is 0.250. The van der Waals surface area contributed by atoms with Gasteiger partial charge in [-0.3, -0.25) is 0 Å². The zero-order valence-corrected chi connectivity index (χ0v) is 5.68. The Labute approximate surface area is 41.1 Å². The highest BCUT2D eigenvalue weighted by atomic mass is 31.7. The quantitative estimate of drug-likeness (QED) is 0.426. The SMILES string of the molecule is CC1=C(C)P=P1. The van der Waals surface area contributed by atoms with Crippen molar-refractivity contribution in [1.29, 1.82) is 0 Å². The lowest BCUT2D eigenvalue weighted by Crippen LogP contribution is -1.66. The summed E-state index contributed by atoms with van der Waals surface area (Å²) in [6.07, 6.45) is 0. The molecule has 32 valence electrons. The minimum absolute atomic E-state index is 1.52. The molecule has 2 heteroatoms. The smallest absolute Gasteiger partial charge is 0.0114 e. The monoisotopic (exact) mass is 116 g/mol. The molecule has 1 heterocycles. The number of allylic oxidation sites excluding steroid dienone is 2. The van der Waals surface area contributed by atoms with E-state index in [1.54, 1.807) is 10.6 Å². The van der Waals surface area contributed by atoms with Gasteiger partial charge in [-0.05, 0) is 40.2 Å². The first-order valence-electron chi connectivity index (χ1n) is 1.90. The molecular weight excluding hydrogens is 110 g/mol. The molecule has 6 heavy (non-hydrogen) atoms. The molecule has 1 rings (SSSR count). The van der Waals surface area contributed by atoms with Crippen LogP contribution in [0.3, 0.4) is 0 Å². The van der Waals surface area contributed by atoms with Crippen molar-refractivity contribution in [3.05, 3.63) is 10.6 Å². The summed E-state index contributed by atoms with van der Waals surface area (Å²) >= 11 is 0. The minimum atomic E-state index is 1.52. The van der Waals surface area contributed by atoms with Gasteiger partial charge in [0.1, 0.15) is 0 Å². The first-order chi connectivity index (χ1) is 2.80. The molecule has 0 saturated heterocycles. The van der Waals surface area contributed by atoms with Crippen LogP contribution in [-0.2, 0) is 0 Å². The molecule has 0 radical (unpaired) electrons. The largest absolute Gasteiger partial charge is 0.0393 e. The Bertz CT molecular complexity index is 108. The van der Waals surface area contributed by atoms with E-state index >= 15 is 0 Å². The van der Waals surface area contributed by atoms with E-state index in [9.17, 15) is 0 Å². The van der Waals surface area contributed by atoms with Gasteiger partial charge in [-0.2, -0.15) is 0 Å². The molecule has 0 aromatic carbocycles. The Hall–Kier alpha value is 0.340. The van der Waals surface area contributed by atoms with Gasteiger partial charge >= 0.3 is 0 Å². The third-order valence-electron chi connectivity index (χ3n) is 0.874. The molecule has 0 aromatic heterocycles. The summed E-state index contributed by atoms with van der Waals surface area (Å²) in [5.74, 6) is 0. The van der Waals surface area contributed by atoms with E-state index in [1.807, 2.05) is 0 Å². The molecule has 0 fully saturated rings. The standard InChI is InChI=1S/C4H6P2/c1-3-4(2)6-5-3/h1-2H3. The number of hydrogen-bond donors (Lipinski definition) is 0. The lowest BCUT2D eigenvalue weighted by molar-refractivity contribution is 1.55. The molecule has 0 unspecified atom stereocenters. The first kappa shape index (κ1) is 4.50. The Morgan fingerprint density at radius 3 is 1.33 bits per heavy atom. The lowest BCUT2D eigenvalue weighted by atomic mass is 10.6. The molecule has 0 bridgehead atoms. The highest BCUT2D eigenvalue weighted by Crippen LogP contribution is 2.44. The van der Waals surface area contributed by atoms with Gasteiger partial charge < -0.3 is 0 Å². The van der Waals surface area contributed by atoms with Crippen molar-refractivity contribution in [2.24, 2.45) is 0 Å². The van der Waals surface area contributed by atoms with Crippen LogP contribution in [0.5, 0.6) is 0 Å². The maximum atomic E-state index is 2.19. The fraction of sp³-hybridized carbons (Fsp3) is 0.500. The summed E-state index contributed by atoms with van der Waals surface area (Å²) in [7, 11) is 3.05. The van der Waals surface area contributed by atoms with E-state index in [0.717, 1.165) is 0 Å². The van der Waals surface area contributed by atoms with Crippen LogP contribution >= 0.6 is 15.7 Å². The van der Waals surface area contributed by atoms with Gasteiger partial charge in [0.15, 0.2) is 0 Å². The molecular formula is C4H6P2. The van der Waals surface area contributed by atoms with Crippen LogP contribution < -0.4 is 0 Å².